The molecule has 1 unspecified atom stereocenters. The molecule has 4 nitrogen and oxygen atoms in total. The molecule has 0 bridgehead atoms. The number of para-hydroxylation sites is 1. The van der Waals surface area contributed by atoms with Gasteiger partial charge >= 0.3 is 0 Å². The smallest absolute Gasteiger partial charge is 0.221 e. The molecule has 0 radical (unpaired) electrons. The van der Waals surface area contributed by atoms with Gasteiger partial charge in [-0.1, -0.05) is 6.07 Å². The lowest BCUT2D eigenvalue weighted by atomic mass is 10.3. The maximum absolute atomic E-state index is 10.9. The number of ether oxygens (including phenoxy) is 2. The zero-order chi connectivity index (χ0) is 9.84. The van der Waals surface area contributed by atoms with Crippen molar-refractivity contribution in [2.45, 2.75) is 0 Å². The average Bonchev–Trinajstić information content (AvgIpc) is 2.16. The van der Waals surface area contributed by atoms with E-state index in [0.717, 1.165) is 0 Å². The Morgan fingerprint density at radius 2 is 2.00 bits per heavy atom. The van der Waals surface area contributed by atoms with E-state index in [0.29, 0.717) is 11.5 Å². The number of hydrogen-bond donors (Lipinski definition) is 1. The molecule has 0 heterocycles. The summed E-state index contributed by atoms with van der Waals surface area (Å²) in [5.41, 5.74) is 0. The van der Waals surface area contributed by atoms with Crippen molar-refractivity contribution >= 4 is 13.3 Å². The molecule has 13 heavy (non-hydrogen) atoms. The third kappa shape index (κ3) is 2.02. The Labute approximate surface area is 77.0 Å². The van der Waals surface area contributed by atoms with Gasteiger partial charge < -0.3 is 14.4 Å². The van der Waals surface area contributed by atoms with Crippen molar-refractivity contribution < 1.29 is 18.9 Å². The minimum absolute atomic E-state index is 0.284. The quantitative estimate of drug-likeness (QED) is 0.736. The summed E-state index contributed by atoms with van der Waals surface area (Å²) in [6, 6.07) is 4.87. The first kappa shape index (κ1) is 10.1. The van der Waals surface area contributed by atoms with E-state index in [-0.39, 0.29) is 5.30 Å². The largest absolute Gasteiger partial charge is 0.493 e. The number of methoxy groups -OCH3 is 2. The summed E-state index contributed by atoms with van der Waals surface area (Å²) >= 11 is 0. The summed E-state index contributed by atoms with van der Waals surface area (Å²) in [4.78, 5) is 8.97. The third-order valence-electron chi connectivity index (χ3n) is 1.63. The second-order valence-corrected chi connectivity index (χ2v) is 3.50. The second kappa shape index (κ2) is 4.30. The van der Waals surface area contributed by atoms with Gasteiger partial charge in [-0.3, -0.25) is 4.57 Å². The van der Waals surface area contributed by atoms with E-state index >= 15 is 0 Å². The highest BCUT2D eigenvalue weighted by molar-refractivity contribution is 7.47. The van der Waals surface area contributed by atoms with Crippen LogP contribution in [0.5, 0.6) is 11.5 Å². The van der Waals surface area contributed by atoms with Crippen LogP contribution in [-0.4, -0.2) is 19.1 Å². The maximum atomic E-state index is 10.9. The molecule has 0 saturated carbocycles. The summed E-state index contributed by atoms with van der Waals surface area (Å²) in [5, 5.41) is 0.284. The molecular weight excluding hydrogens is 191 g/mol. The lowest BCUT2D eigenvalue weighted by Gasteiger charge is -2.09. The Bertz CT molecular complexity index is 324. The van der Waals surface area contributed by atoms with Crippen LogP contribution in [0.1, 0.15) is 0 Å². The SMILES string of the molecule is COc1cccc([PH](=O)O)c1OC. The summed E-state index contributed by atoms with van der Waals surface area (Å²) in [7, 11) is 0.178. The van der Waals surface area contributed by atoms with Crippen LogP contribution in [0, 0.1) is 0 Å². The van der Waals surface area contributed by atoms with Crippen LogP contribution in [0.15, 0.2) is 18.2 Å². The molecule has 1 aromatic rings. The van der Waals surface area contributed by atoms with Gasteiger partial charge in [-0.15, -0.1) is 0 Å². The first-order chi connectivity index (χ1) is 6.20. The van der Waals surface area contributed by atoms with E-state index in [1.54, 1.807) is 18.2 Å². The zero-order valence-corrected chi connectivity index (χ0v) is 8.40. The van der Waals surface area contributed by atoms with Crippen LogP contribution < -0.4 is 14.8 Å². The Kier molecular flexibility index (Phi) is 3.34. The summed E-state index contributed by atoms with van der Waals surface area (Å²) in [6.45, 7) is 0. The summed E-state index contributed by atoms with van der Waals surface area (Å²) < 4.78 is 20.8. The minimum atomic E-state index is -2.74. The van der Waals surface area contributed by atoms with Gasteiger partial charge in [0.05, 0.1) is 19.5 Å². The van der Waals surface area contributed by atoms with E-state index in [1.807, 2.05) is 0 Å². The fraction of sp³-hybridized carbons (Fsp3) is 0.250. The minimum Gasteiger partial charge on any atom is -0.493 e. The van der Waals surface area contributed by atoms with Crippen LogP contribution in [0.25, 0.3) is 0 Å². The molecular formula is C8H11O4P. The molecule has 0 aliphatic rings. The second-order valence-electron chi connectivity index (χ2n) is 2.35. The highest BCUT2D eigenvalue weighted by atomic mass is 31.1. The highest BCUT2D eigenvalue weighted by Crippen LogP contribution is 2.30. The molecule has 1 atom stereocenters. The molecule has 72 valence electrons. The first-order valence-electron chi connectivity index (χ1n) is 3.65. The molecule has 1 rings (SSSR count). The van der Waals surface area contributed by atoms with Crippen molar-refractivity contribution in [1.82, 2.24) is 0 Å². The number of rotatable bonds is 3. The van der Waals surface area contributed by atoms with Crippen molar-refractivity contribution in [2.75, 3.05) is 14.2 Å². The Morgan fingerprint density at radius 1 is 1.31 bits per heavy atom. The lowest BCUT2D eigenvalue weighted by Crippen LogP contribution is -2.04. The molecule has 1 N–H and O–H groups in total. The summed E-state index contributed by atoms with van der Waals surface area (Å²) in [5.74, 6) is 0.795. The summed E-state index contributed by atoms with van der Waals surface area (Å²) in [6.07, 6.45) is 0. The molecule has 0 aromatic heterocycles. The molecule has 0 aliphatic heterocycles. The van der Waals surface area contributed by atoms with Gasteiger partial charge in [0.1, 0.15) is 0 Å². The van der Waals surface area contributed by atoms with Gasteiger partial charge in [0.2, 0.25) is 8.03 Å². The monoisotopic (exact) mass is 202 g/mol. The van der Waals surface area contributed by atoms with Gasteiger partial charge in [0.15, 0.2) is 11.5 Å². The zero-order valence-electron chi connectivity index (χ0n) is 7.40. The van der Waals surface area contributed by atoms with E-state index in [2.05, 4.69) is 0 Å². The maximum Gasteiger partial charge on any atom is 0.221 e. The first-order valence-corrected chi connectivity index (χ1v) is 5.00. The Balaban J connectivity index is 3.27. The van der Waals surface area contributed by atoms with Crippen molar-refractivity contribution in [3.63, 3.8) is 0 Å². The van der Waals surface area contributed by atoms with Crippen molar-refractivity contribution in [3.05, 3.63) is 18.2 Å². The molecule has 0 spiro atoms. The van der Waals surface area contributed by atoms with Crippen LogP contribution in [0.2, 0.25) is 0 Å². The third-order valence-corrected chi connectivity index (χ3v) is 2.49. The number of benzene rings is 1. The molecule has 1 aromatic carbocycles. The molecule has 5 heteroatoms. The van der Waals surface area contributed by atoms with E-state index < -0.39 is 8.03 Å². The predicted octanol–water partition coefficient (Wildman–Crippen LogP) is 0.796. The Morgan fingerprint density at radius 3 is 2.46 bits per heavy atom. The van der Waals surface area contributed by atoms with Gasteiger partial charge in [0, 0.05) is 0 Å². The van der Waals surface area contributed by atoms with Crippen LogP contribution in [0.4, 0.5) is 0 Å². The Hall–Kier alpha value is -0.990. The fourth-order valence-corrected chi connectivity index (χ4v) is 1.71. The van der Waals surface area contributed by atoms with Gasteiger partial charge in [-0.25, -0.2) is 0 Å². The molecule has 0 aliphatic carbocycles. The molecule has 0 amide bonds. The highest BCUT2D eigenvalue weighted by Gasteiger charge is 2.12. The predicted molar refractivity (Wildman–Crippen MR) is 50.4 cm³/mol. The fourth-order valence-electron chi connectivity index (χ4n) is 1.06. The standard InChI is InChI=1S/C8H11O4P/c1-11-6-4-3-5-7(13(9)10)8(6)12-2/h3-5,13H,1-2H3,(H,9,10). The lowest BCUT2D eigenvalue weighted by molar-refractivity contribution is 0.356. The van der Waals surface area contributed by atoms with Crippen LogP contribution in [-0.2, 0) is 4.57 Å². The van der Waals surface area contributed by atoms with Gasteiger partial charge in [0.25, 0.3) is 0 Å². The van der Waals surface area contributed by atoms with Gasteiger partial charge in [-0.2, -0.15) is 0 Å². The van der Waals surface area contributed by atoms with Crippen LogP contribution in [0.3, 0.4) is 0 Å². The van der Waals surface area contributed by atoms with E-state index in [9.17, 15) is 4.57 Å². The topological polar surface area (TPSA) is 55.8 Å². The van der Waals surface area contributed by atoms with Crippen molar-refractivity contribution in [3.8, 4) is 11.5 Å². The van der Waals surface area contributed by atoms with Crippen molar-refractivity contribution in [2.24, 2.45) is 0 Å². The normalized spacial score (nSPS) is 12.2. The van der Waals surface area contributed by atoms with E-state index in [1.165, 1.54) is 14.2 Å². The molecule has 0 saturated heterocycles. The van der Waals surface area contributed by atoms with E-state index in [4.69, 9.17) is 14.4 Å². The number of hydrogen-bond acceptors (Lipinski definition) is 3. The van der Waals surface area contributed by atoms with Crippen LogP contribution >= 0.6 is 8.03 Å². The molecule has 0 fully saturated rings. The average molecular weight is 202 g/mol. The van der Waals surface area contributed by atoms with Gasteiger partial charge in [-0.05, 0) is 12.1 Å². The van der Waals surface area contributed by atoms with Crippen molar-refractivity contribution in [1.29, 1.82) is 0 Å².